The highest BCUT2D eigenvalue weighted by molar-refractivity contribution is 7.88. The Balaban J connectivity index is 1.81. The van der Waals surface area contributed by atoms with E-state index >= 15 is 0 Å². The van der Waals surface area contributed by atoms with Gasteiger partial charge in [-0.1, -0.05) is 53.6 Å². The normalized spacial score (nSPS) is 16.9. The van der Waals surface area contributed by atoms with Gasteiger partial charge in [-0.3, -0.25) is 0 Å². The maximum atomic E-state index is 12.5. The Bertz CT molecular complexity index is 1220. The highest BCUT2D eigenvalue weighted by Gasteiger charge is 2.36. The molecule has 1 aliphatic rings. The summed E-state index contributed by atoms with van der Waals surface area (Å²) in [7, 11) is -2.03. The van der Waals surface area contributed by atoms with Crippen LogP contribution in [0.25, 0.3) is 10.9 Å². The molecule has 0 bridgehead atoms. The summed E-state index contributed by atoms with van der Waals surface area (Å²) in [6, 6.07) is 14.7. The summed E-state index contributed by atoms with van der Waals surface area (Å²) in [6.45, 7) is 2.00. The molecule has 2 heterocycles. The third kappa shape index (κ3) is 3.68. The van der Waals surface area contributed by atoms with Crippen molar-refractivity contribution in [1.82, 2.24) is 9.40 Å². The van der Waals surface area contributed by atoms with E-state index < -0.39 is 16.1 Å². The van der Waals surface area contributed by atoms with Crippen LogP contribution in [0.3, 0.4) is 0 Å². The van der Waals surface area contributed by atoms with Crippen molar-refractivity contribution < 1.29 is 13.2 Å². The summed E-state index contributed by atoms with van der Waals surface area (Å²) in [5.41, 5.74) is 3.95. The molecule has 4 rings (SSSR count). The van der Waals surface area contributed by atoms with Crippen LogP contribution in [0.5, 0.6) is 5.75 Å². The Morgan fingerprint density at radius 1 is 1.17 bits per heavy atom. The number of hydrogen-bond donors (Lipinski definition) is 0. The molecule has 1 aromatic heterocycles. The molecule has 1 atom stereocenters. The molecule has 0 amide bonds. The Morgan fingerprint density at radius 3 is 2.55 bits per heavy atom. The van der Waals surface area contributed by atoms with Gasteiger partial charge in [0.15, 0.2) is 0 Å². The number of hydrazone groups is 1. The molecular formula is C21H20ClN3O3S. The maximum Gasteiger partial charge on any atom is 0.247 e. The monoisotopic (exact) mass is 429 g/mol. The lowest BCUT2D eigenvalue weighted by molar-refractivity contribution is 0.374. The lowest BCUT2D eigenvalue weighted by Gasteiger charge is -2.22. The maximum absolute atomic E-state index is 12.5. The highest BCUT2D eigenvalue weighted by atomic mass is 35.5. The fourth-order valence-electron chi connectivity index (χ4n) is 3.51. The van der Waals surface area contributed by atoms with Gasteiger partial charge in [-0.15, -0.1) is 0 Å². The summed E-state index contributed by atoms with van der Waals surface area (Å²) in [5.74, 6) is 0.610. The number of methoxy groups -OCH3 is 1. The number of halogens is 1. The van der Waals surface area contributed by atoms with Gasteiger partial charge in [0.25, 0.3) is 0 Å². The number of aromatic nitrogens is 1. The van der Waals surface area contributed by atoms with Crippen molar-refractivity contribution in [2.75, 3.05) is 13.4 Å². The first-order chi connectivity index (χ1) is 13.8. The van der Waals surface area contributed by atoms with E-state index in [1.807, 2.05) is 55.5 Å². The van der Waals surface area contributed by atoms with Gasteiger partial charge in [-0.25, -0.2) is 13.4 Å². The van der Waals surface area contributed by atoms with Crippen LogP contribution in [0.2, 0.25) is 5.15 Å². The van der Waals surface area contributed by atoms with Gasteiger partial charge in [-0.2, -0.15) is 9.52 Å². The summed E-state index contributed by atoms with van der Waals surface area (Å²) in [6.07, 6.45) is 1.56. The second-order valence-corrected chi connectivity index (χ2v) is 9.27. The molecule has 0 N–H and O–H groups in total. The Kier molecular flexibility index (Phi) is 4.96. The predicted octanol–water partition coefficient (Wildman–Crippen LogP) is 4.32. The standard InChI is InChI=1S/C21H20ClN3O3S/c1-13-7-9-14(10-8-13)17-12-18(25(24-17)29(3,26)27)16-11-15-5-4-6-19(28-2)20(15)23-21(16)22/h4-11,18H,12H2,1-3H3. The third-order valence-corrected chi connectivity index (χ3v) is 6.28. The number of ether oxygens (including phenoxy) is 1. The molecule has 150 valence electrons. The Hall–Kier alpha value is -2.64. The van der Waals surface area contributed by atoms with Crippen LogP contribution < -0.4 is 4.74 Å². The molecule has 0 radical (unpaired) electrons. The first kappa shape index (κ1) is 19.7. The van der Waals surface area contributed by atoms with Crippen molar-refractivity contribution in [1.29, 1.82) is 0 Å². The molecule has 3 aromatic rings. The highest BCUT2D eigenvalue weighted by Crippen LogP contribution is 2.39. The van der Waals surface area contributed by atoms with Crippen LogP contribution in [0.15, 0.2) is 53.6 Å². The van der Waals surface area contributed by atoms with E-state index in [-0.39, 0.29) is 5.15 Å². The summed E-state index contributed by atoms with van der Waals surface area (Å²) in [4.78, 5) is 4.48. The number of sulfonamides is 1. The van der Waals surface area contributed by atoms with Crippen molar-refractivity contribution in [2.45, 2.75) is 19.4 Å². The Morgan fingerprint density at radius 2 is 1.90 bits per heavy atom. The molecule has 29 heavy (non-hydrogen) atoms. The predicted molar refractivity (Wildman–Crippen MR) is 115 cm³/mol. The molecule has 0 fully saturated rings. The fraction of sp³-hybridized carbons (Fsp3) is 0.238. The van der Waals surface area contributed by atoms with Crippen molar-refractivity contribution in [3.8, 4) is 5.75 Å². The van der Waals surface area contributed by atoms with E-state index in [2.05, 4.69) is 10.1 Å². The fourth-order valence-corrected chi connectivity index (χ4v) is 4.67. The van der Waals surface area contributed by atoms with E-state index in [0.29, 0.717) is 29.0 Å². The zero-order valence-corrected chi connectivity index (χ0v) is 17.8. The smallest absolute Gasteiger partial charge is 0.247 e. The number of para-hydroxylation sites is 1. The average Bonchev–Trinajstić information content (AvgIpc) is 3.13. The number of nitrogens with zero attached hydrogens (tertiary/aromatic N) is 3. The van der Waals surface area contributed by atoms with Crippen LogP contribution in [0.4, 0.5) is 0 Å². The molecule has 1 unspecified atom stereocenters. The second-order valence-electron chi connectivity index (χ2n) is 7.07. The van der Waals surface area contributed by atoms with Crippen LogP contribution in [0.1, 0.15) is 29.2 Å². The second kappa shape index (κ2) is 7.31. The summed E-state index contributed by atoms with van der Waals surface area (Å²) in [5, 5.41) is 5.48. The van der Waals surface area contributed by atoms with Crippen molar-refractivity contribution in [3.05, 3.63) is 70.4 Å². The molecule has 6 nitrogen and oxygen atoms in total. The minimum atomic E-state index is -3.60. The number of pyridine rings is 1. The molecule has 2 aromatic carbocycles. The molecule has 0 aliphatic carbocycles. The van der Waals surface area contributed by atoms with Crippen molar-refractivity contribution in [2.24, 2.45) is 5.10 Å². The molecule has 0 saturated heterocycles. The zero-order chi connectivity index (χ0) is 20.8. The van der Waals surface area contributed by atoms with E-state index in [9.17, 15) is 8.42 Å². The van der Waals surface area contributed by atoms with E-state index in [0.717, 1.165) is 27.2 Å². The lowest BCUT2D eigenvalue weighted by atomic mass is 9.98. The number of benzene rings is 2. The number of hydrogen-bond acceptors (Lipinski definition) is 5. The van der Waals surface area contributed by atoms with E-state index in [1.165, 1.54) is 0 Å². The Labute approximate surface area is 174 Å². The average molecular weight is 430 g/mol. The summed E-state index contributed by atoms with van der Waals surface area (Å²) >= 11 is 6.50. The molecule has 0 saturated carbocycles. The number of rotatable bonds is 4. The zero-order valence-electron chi connectivity index (χ0n) is 16.3. The van der Waals surface area contributed by atoms with Gasteiger partial charge in [0.1, 0.15) is 16.4 Å². The third-order valence-electron chi connectivity index (χ3n) is 4.97. The van der Waals surface area contributed by atoms with Gasteiger partial charge >= 0.3 is 0 Å². The van der Waals surface area contributed by atoms with Gasteiger partial charge in [0, 0.05) is 17.4 Å². The molecule has 0 spiro atoms. The topological polar surface area (TPSA) is 71.9 Å². The number of aryl methyl sites for hydroxylation is 1. The molecule has 1 aliphatic heterocycles. The minimum absolute atomic E-state index is 0.237. The SMILES string of the molecule is COc1cccc2cc(C3CC(c4ccc(C)cc4)=NN3S(C)(=O)=O)c(Cl)nc12. The first-order valence-electron chi connectivity index (χ1n) is 9.05. The van der Waals surface area contributed by atoms with Crippen LogP contribution in [-0.2, 0) is 10.0 Å². The first-order valence-corrected chi connectivity index (χ1v) is 11.3. The van der Waals surface area contributed by atoms with E-state index in [1.54, 1.807) is 7.11 Å². The van der Waals surface area contributed by atoms with Crippen molar-refractivity contribution >= 4 is 38.2 Å². The minimum Gasteiger partial charge on any atom is -0.494 e. The van der Waals surface area contributed by atoms with Crippen LogP contribution in [0, 0.1) is 6.92 Å². The van der Waals surface area contributed by atoms with Gasteiger partial charge in [0.05, 0.1) is 25.1 Å². The van der Waals surface area contributed by atoms with E-state index in [4.69, 9.17) is 16.3 Å². The molecule has 8 heteroatoms. The van der Waals surface area contributed by atoms with Gasteiger partial charge < -0.3 is 4.74 Å². The van der Waals surface area contributed by atoms with Crippen LogP contribution >= 0.6 is 11.6 Å². The van der Waals surface area contributed by atoms with Crippen molar-refractivity contribution in [3.63, 3.8) is 0 Å². The quantitative estimate of drug-likeness (QED) is 0.579. The lowest BCUT2D eigenvalue weighted by Crippen LogP contribution is -2.26. The number of fused-ring (bicyclic) bond motifs is 1. The largest absolute Gasteiger partial charge is 0.494 e. The summed E-state index contributed by atoms with van der Waals surface area (Å²) < 4.78 is 31.4. The van der Waals surface area contributed by atoms with Gasteiger partial charge in [0.2, 0.25) is 10.0 Å². The van der Waals surface area contributed by atoms with Crippen LogP contribution in [-0.4, -0.2) is 36.9 Å². The van der Waals surface area contributed by atoms with Gasteiger partial charge in [-0.05, 0) is 24.6 Å². The molecular weight excluding hydrogens is 410 g/mol.